The summed E-state index contributed by atoms with van der Waals surface area (Å²) in [7, 11) is -1.29. The molecule has 0 saturated carbocycles. The lowest BCUT2D eigenvalue weighted by molar-refractivity contribution is 0.442. The van der Waals surface area contributed by atoms with Crippen molar-refractivity contribution in [3.63, 3.8) is 0 Å². The zero-order valence-electron chi connectivity index (χ0n) is 10.1. The first-order valence-corrected chi connectivity index (χ1v) is 7.12. The summed E-state index contributed by atoms with van der Waals surface area (Å²) in [5.41, 5.74) is 0.965. The first-order chi connectivity index (χ1) is 9.24. The highest BCUT2D eigenvalue weighted by Gasteiger charge is 2.14. The standard InChI is InChI=1S/C13H10N2O3S/c1-19(16)13-15-14-12(18-13)11-8-7-10(17-11)9-5-3-2-4-6-9/h2-8H,1H3. The summed E-state index contributed by atoms with van der Waals surface area (Å²) >= 11 is 0. The molecule has 2 heterocycles. The van der Waals surface area contributed by atoms with Gasteiger partial charge in [-0.25, -0.2) is 4.21 Å². The minimum atomic E-state index is -1.29. The van der Waals surface area contributed by atoms with E-state index in [1.165, 1.54) is 6.26 Å². The quantitative estimate of drug-likeness (QED) is 0.734. The van der Waals surface area contributed by atoms with Gasteiger partial charge < -0.3 is 8.83 Å². The van der Waals surface area contributed by atoms with Crippen molar-refractivity contribution in [2.24, 2.45) is 0 Å². The van der Waals surface area contributed by atoms with E-state index in [1.54, 1.807) is 6.07 Å². The van der Waals surface area contributed by atoms with Crippen LogP contribution in [0.4, 0.5) is 0 Å². The molecule has 0 aliphatic carbocycles. The highest BCUT2D eigenvalue weighted by molar-refractivity contribution is 7.84. The minimum absolute atomic E-state index is 0.0904. The molecular formula is C13H10N2O3S. The maximum Gasteiger partial charge on any atom is 0.307 e. The molecule has 96 valence electrons. The van der Waals surface area contributed by atoms with Crippen molar-refractivity contribution in [3.8, 4) is 23.0 Å². The Morgan fingerprint density at radius 3 is 2.37 bits per heavy atom. The molecule has 0 aliphatic heterocycles. The first kappa shape index (κ1) is 11.9. The van der Waals surface area contributed by atoms with E-state index in [9.17, 15) is 4.21 Å². The molecule has 0 aliphatic rings. The Hall–Kier alpha value is -2.21. The second-order valence-electron chi connectivity index (χ2n) is 3.86. The Morgan fingerprint density at radius 1 is 0.947 bits per heavy atom. The van der Waals surface area contributed by atoms with E-state index in [1.807, 2.05) is 36.4 Å². The van der Waals surface area contributed by atoms with Crippen LogP contribution in [-0.2, 0) is 10.8 Å². The lowest BCUT2D eigenvalue weighted by Crippen LogP contribution is -1.85. The van der Waals surface area contributed by atoms with Crippen molar-refractivity contribution in [1.82, 2.24) is 10.2 Å². The highest BCUT2D eigenvalue weighted by Crippen LogP contribution is 2.27. The monoisotopic (exact) mass is 274 g/mol. The highest BCUT2D eigenvalue weighted by atomic mass is 32.2. The van der Waals surface area contributed by atoms with Gasteiger partial charge in [0.25, 0.3) is 5.89 Å². The van der Waals surface area contributed by atoms with E-state index >= 15 is 0 Å². The van der Waals surface area contributed by atoms with E-state index < -0.39 is 10.8 Å². The number of nitrogens with zero attached hydrogens (tertiary/aromatic N) is 2. The van der Waals surface area contributed by atoms with E-state index in [0.29, 0.717) is 11.5 Å². The number of benzene rings is 1. The Kier molecular flexibility index (Phi) is 3.00. The van der Waals surface area contributed by atoms with Crippen LogP contribution in [0.2, 0.25) is 0 Å². The van der Waals surface area contributed by atoms with Crippen molar-refractivity contribution < 1.29 is 13.0 Å². The largest absolute Gasteiger partial charge is 0.451 e. The van der Waals surface area contributed by atoms with Gasteiger partial charge >= 0.3 is 5.22 Å². The predicted octanol–water partition coefficient (Wildman–Crippen LogP) is 2.73. The molecule has 0 fully saturated rings. The first-order valence-electron chi connectivity index (χ1n) is 5.56. The van der Waals surface area contributed by atoms with Crippen LogP contribution in [0.3, 0.4) is 0 Å². The average Bonchev–Trinajstić information content (AvgIpc) is 3.09. The molecule has 6 heteroatoms. The fourth-order valence-electron chi connectivity index (χ4n) is 1.64. The predicted molar refractivity (Wildman–Crippen MR) is 69.8 cm³/mol. The van der Waals surface area contributed by atoms with Crippen LogP contribution in [0.25, 0.3) is 23.0 Å². The number of hydrogen-bond donors (Lipinski definition) is 0. The second kappa shape index (κ2) is 4.81. The van der Waals surface area contributed by atoms with Crippen molar-refractivity contribution in [2.45, 2.75) is 5.22 Å². The maximum absolute atomic E-state index is 11.2. The average molecular weight is 274 g/mol. The van der Waals surface area contributed by atoms with Gasteiger partial charge in [-0.2, -0.15) is 0 Å². The summed E-state index contributed by atoms with van der Waals surface area (Å²) in [5.74, 6) is 1.41. The minimum Gasteiger partial charge on any atom is -0.451 e. The molecule has 2 aromatic heterocycles. The maximum atomic E-state index is 11.2. The summed E-state index contributed by atoms with van der Waals surface area (Å²) in [6, 6.07) is 13.3. The SMILES string of the molecule is CS(=O)c1nnc(-c2ccc(-c3ccccc3)o2)o1. The van der Waals surface area contributed by atoms with Gasteiger partial charge in [-0.05, 0) is 12.1 Å². The molecule has 5 nitrogen and oxygen atoms in total. The van der Waals surface area contributed by atoms with Gasteiger partial charge in [-0.15, -0.1) is 5.10 Å². The van der Waals surface area contributed by atoms with Crippen LogP contribution >= 0.6 is 0 Å². The third kappa shape index (κ3) is 2.34. The van der Waals surface area contributed by atoms with Crippen LogP contribution in [0.15, 0.2) is 56.5 Å². The van der Waals surface area contributed by atoms with Crippen molar-refractivity contribution in [1.29, 1.82) is 0 Å². The number of aromatic nitrogens is 2. The molecule has 1 atom stereocenters. The summed E-state index contributed by atoms with van der Waals surface area (Å²) in [4.78, 5) is 0. The molecule has 0 bridgehead atoms. The number of rotatable bonds is 3. The lowest BCUT2D eigenvalue weighted by atomic mass is 10.2. The van der Waals surface area contributed by atoms with Crippen LogP contribution in [0, 0.1) is 0 Å². The molecule has 0 N–H and O–H groups in total. The van der Waals surface area contributed by atoms with Gasteiger partial charge in [-0.1, -0.05) is 35.4 Å². The molecule has 0 radical (unpaired) electrons. The molecule has 0 amide bonds. The topological polar surface area (TPSA) is 69.1 Å². The molecule has 1 unspecified atom stereocenters. The van der Waals surface area contributed by atoms with Gasteiger partial charge in [0, 0.05) is 11.8 Å². The number of furan rings is 1. The van der Waals surface area contributed by atoms with Crippen LogP contribution in [-0.4, -0.2) is 20.7 Å². The molecule has 0 spiro atoms. The van der Waals surface area contributed by atoms with Crippen LogP contribution in [0.1, 0.15) is 0 Å². The van der Waals surface area contributed by atoms with Crippen molar-refractivity contribution >= 4 is 10.8 Å². The normalized spacial score (nSPS) is 12.5. The molecule has 0 saturated heterocycles. The molecule has 19 heavy (non-hydrogen) atoms. The van der Waals surface area contributed by atoms with Crippen molar-refractivity contribution in [3.05, 3.63) is 42.5 Å². The lowest BCUT2D eigenvalue weighted by Gasteiger charge is -1.94. The summed E-state index contributed by atoms with van der Waals surface area (Å²) in [6.45, 7) is 0. The van der Waals surface area contributed by atoms with E-state index in [0.717, 1.165) is 5.56 Å². The Morgan fingerprint density at radius 2 is 1.68 bits per heavy atom. The fourth-order valence-corrected chi connectivity index (χ4v) is 1.99. The van der Waals surface area contributed by atoms with E-state index in [-0.39, 0.29) is 11.1 Å². The summed E-state index contributed by atoms with van der Waals surface area (Å²) in [6.07, 6.45) is 1.48. The van der Waals surface area contributed by atoms with E-state index in [2.05, 4.69) is 10.2 Å². The zero-order valence-corrected chi connectivity index (χ0v) is 10.9. The second-order valence-corrected chi connectivity index (χ2v) is 5.11. The Bertz CT molecular complexity index is 718. The van der Waals surface area contributed by atoms with Gasteiger partial charge in [0.05, 0.1) is 0 Å². The van der Waals surface area contributed by atoms with Gasteiger partial charge in [0.2, 0.25) is 0 Å². The van der Waals surface area contributed by atoms with Crippen LogP contribution < -0.4 is 0 Å². The van der Waals surface area contributed by atoms with Gasteiger partial charge in [0.15, 0.2) is 5.76 Å². The van der Waals surface area contributed by atoms with Gasteiger partial charge in [-0.3, -0.25) is 0 Å². The number of hydrogen-bond acceptors (Lipinski definition) is 5. The van der Waals surface area contributed by atoms with Gasteiger partial charge in [0.1, 0.15) is 16.6 Å². The van der Waals surface area contributed by atoms with E-state index in [4.69, 9.17) is 8.83 Å². The third-order valence-electron chi connectivity index (χ3n) is 2.53. The summed E-state index contributed by atoms with van der Waals surface area (Å²) in [5, 5.41) is 7.60. The third-order valence-corrected chi connectivity index (χ3v) is 3.18. The van der Waals surface area contributed by atoms with Crippen LogP contribution in [0.5, 0.6) is 0 Å². The Labute approximate surface area is 111 Å². The Balaban J connectivity index is 1.94. The molecule has 3 rings (SSSR count). The molecule has 3 aromatic rings. The molecule has 1 aromatic carbocycles. The smallest absolute Gasteiger partial charge is 0.307 e. The fraction of sp³-hybridized carbons (Fsp3) is 0.0769. The zero-order chi connectivity index (χ0) is 13.2. The molecular weight excluding hydrogens is 264 g/mol. The van der Waals surface area contributed by atoms with Crippen molar-refractivity contribution in [2.75, 3.05) is 6.26 Å². The summed E-state index contributed by atoms with van der Waals surface area (Å²) < 4.78 is 22.1.